The summed E-state index contributed by atoms with van der Waals surface area (Å²) in [6.45, 7) is 1.89. The van der Waals surface area contributed by atoms with E-state index in [4.69, 9.17) is 16.7 Å². The van der Waals surface area contributed by atoms with Gasteiger partial charge in [0.15, 0.2) is 0 Å². The Kier molecular flexibility index (Phi) is 5.78. The molecule has 1 aromatic carbocycles. The minimum absolute atomic E-state index is 0.0434. The number of benzene rings is 1. The fourth-order valence-corrected chi connectivity index (χ4v) is 3.13. The van der Waals surface area contributed by atoms with Crippen molar-refractivity contribution in [3.63, 3.8) is 0 Å². The van der Waals surface area contributed by atoms with E-state index in [1.165, 1.54) is 12.1 Å². The molecule has 0 aliphatic rings. The van der Waals surface area contributed by atoms with E-state index in [0.717, 1.165) is 0 Å². The molecule has 0 aliphatic heterocycles. The number of carboxylic acid groups (broad SMARTS) is 1. The Morgan fingerprint density at radius 2 is 2.05 bits per heavy atom. The number of aliphatic carboxylic acids is 1. The topological polar surface area (TPSA) is 83.5 Å². The summed E-state index contributed by atoms with van der Waals surface area (Å²) < 4.78 is 26.4. The van der Waals surface area contributed by atoms with Crippen LogP contribution in [-0.4, -0.2) is 26.0 Å². The maximum absolute atomic E-state index is 12.0. The number of carboxylic acids is 1. The Morgan fingerprint density at radius 1 is 1.37 bits per heavy atom. The van der Waals surface area contributed by atoms with Crippen molar-refractivity contribution in [2.75, 3.05) is 6.54 Å². The van der Waals surface area contributed by atoms with Gasteiger partial charge in [-0.2, -0.15) is 0 Å². The van der Waals surface area contributed by atoms with E-state index in [1.807, 2.05) is 0 Å². The lowest BCUT2D eigenvalue weighted by Gasteiger charge is -2.09. The fourth-order valence-electron chi connectivity index (χ4n) is 1.60. The van der Waals surface area contributed by atoms with Crippen molar-refractivity contribution in [3.8, 4) is 0 Å². The summed E-state index contributed by atoms with van der Waals surface area (Å²) in [5.41, 5.74) is 0.575. The maximum Gasteiger partial charge on any atom is 0.303 e. The standard InChI is InChI=1S/C12H16ClNO4S/c1-9-8-10(13)5-6-11(9)19(17,18)14-7-3-2-4-12(15)16/h5-6,8,14H,2-4,7H2,1H3,(H,15,16). The highest BCUT2D eigenvalue weighted by Gasteiger charge is 2.16. The zero-order valence-corrected chi connectivity index (χ0v) is 12.1. The van der Waals surface area contributed by atoms with E-state index in [1.54, 1.807) is 13.0 Å². The molecule has 5 nitrogen and oxygen atoms in total. The number of rotatable bonds is 7. The van der Waals surface area contributed by atoms with E-state index < -0.39 is 16.0 Å². The average Bonchev–Trinajstić information content (AvgIpc) is 2.27. The van der Waals surface area contributed by atoms with E-state index in [9.17, 15) is 13.2 Å². The van der Waals surface area contributed by atoms with Crippen LogP contribution in [0.5, 0.6) is 0 Å². The fraction of sp³-hybridized carbons (Fsp3) is 0.417. The quantitative estimate of drug-likeness (QED) is 0.756. The first-order valence-corrected chi connectivity index (χ1v) is 7.66. The van der Waals surface area contributed by atoms with Crippen LogP contribution < -0.4 is 4.72 Å². The van der Waals surface area contributed by atoms with Gasteiger partial charge in [0.25, 0.3) is 0 Å². The molecule has 0 aromatic heterocycles. The number of hydrogen-bond acceptors (Lipinski definition) is 3. The van der Waals surface area contributed by atoms with E-state index in [-0.39, 0.29) is 17.9 Å². The van der Waals surface area contributed by atoms with Crippen molar-refractivity contribution in [3.05, 3.63) is 28.8 Å². The zero-order valence-electron chi connectivity index (χ0n) is 10.5. The second kappa shape index (κ2) is 6.88. The summed E-state index contributed by atoms with van der Waals surface area (Å²) in [5.74, 6) is -0.878. The number of unbranched alkanes of at least 4 members (excludes halogenated alkanes) is 1. The molecule has 2 N–H and O–H groups in total. The maximum atomic E-state index is 12.0. The Bertz CT molecular complexity index is 557. The summed E-state index contributed by atoms with van der Waals surface area (Å²) in [7, 11) is -3.56. The molecular weight excluding hydrogens is 290 g/mol. The van der Waals surface area contributed by atoms with Gasteiger partial charge in [0.05, 0.1) is 4.90 Å². The van der Waals surface area contributed by atoms with Gasteiger partial charge in [0.2, 0.25) is 10.0 Å². The van der Waals surface area contributed by atoms with Gasteiger partial charge in [0.1, 0.15) is 0 Å². The number of carbonyl (C=O) groups is 1. The molecule has 1 aromatic rings. The zero-order chi connectivity index (χ0) is 14.5. The van der Waals surface area contributed by atoms with Crippen LogP contribution in [0.2, 0.25) is 5.02 Å². The van der Waals surface area contributed by atoms with Crippen molar-refractivity contribution in [2.24, 2.45) is 0 Å². The van der Waals surface area contributed by atoms with Crippen LogP contribution in [0.25, 0.3) is 0 Å². The summed E-state index contributed by atoms with van der Waals surface area (Å²) in [5, 5.41) is 8.95. The first-order valence-electron chi connectivity index (χ1n) is 5.80. The molecule has 0 heterocycles. The molecule has 106 valence electrons. The number of hydrogen-bond donors (Lipinski definition) is 2. The second-order valence-electron chi connectivity index (χ2n) is 4.16. The molecular formula is C12H16ClNO4S. The van der Waals surface area contributed by atoms with Gasteiger partial charge < -0.3 is 5.11 Å². The van der Waals surface area contributed by atoms with E-state index in [0.29, 0.717) is 23.4 Å². The van der Waals surface area contributed by atoms with Crippen LogP contribution >= 0.6 is 11.6 Å². The Labute approximate surface area is 117 Å². The summed E-state index contributed by atoms with van der Waals surface area (Å²) in [4.78, 5) is 10.5. The summed E-state index contributed by atoms with van der Waals surface area (Å²) in [6, 6.07) is 4.56. The van der Waals surface area contributed by atoms with Crippen LogP contribution in [0.1, 0.15) is 24.8 Å². The molecule has 0 radical (unpaired) electrons. The highest BCUT2D eigenvalue weighted by atomic mass is 35.5. The molecule has 0 saturated heterocycles. The predicted molar refractivity (Wildman–Crippen MR) is 72.9 cm³/mol. The van der Waals surface area contributed by atoms with Gasteiger partial charge in [0, 0.05) is 18.0 Å². The van der Waals surface area contributed by atoms with Gasteiger partial charge in [-0.1, -0.05) is 11.6 Å². The Hall–Kier alpha value is -1.11. The van der Waals surface area contributed by atoms with Crippen LogP contribution in [0.3, 0.4) is 0 Å². The molecule has 1 rings (SSSR count). The molecule has 7 heteroatoms. The number of nitrogens with one attached hydrogen (secondary N) is 1. The third-order valence-electron chi connectivity index (χ3n) is 2.54. The van der Waals surface area contributed by atoms with Gasteiger partial charge in [-0.05, 0) is 43.5 Å². The lowest BCUT2D eigenvalue weighted by Crippen LogP contribution is -2.25. The highest BCUT2D eigenvalue weighted by molar-refractivity contribution is 7.89. The SMILES string of the molecule is Cc1cc(Cl)ccc1S(=O)(=O)NCCCCC(=O)O. The molecule has 0 aliphatic carbocycles. The minimum atomic E-state index is -3.56. The number of halogens is 1. The van der Waals surface area contributed by atoms with Crippen molar-refractivity contribution in [1.82, 2.24) is 4.72 Å². The van der Waals surface area contributed by atoms with Crippen LogP contribution in [-0.2, 0) is 14.8 Å². The third kappa shape index (κ3) is 5.18. The molecule has 0 bridgehead atoms. The number of sulfonamides is 1. The summed E-state index contributed by atoms with van der Waals surface area (Å²) >= 11 is 5.77. The normalized spacial score (nSPS) is 11.5. The van der Waals surface area contributed by atoms with Crippen molar-refractivity contribution < 1.29 is 18.3 Å². The van der Waals surface area contributed by atoms with Crippen LogP contribution in [0, 0.1) is 6.92 Å². The minimum Gasteiger partial charge on any atom is -0.481 e. The van der Waals surface area contributed by atoms with Crippen molar-refractivity contribution >= 4 is 27.6 Å². The molecule has 0 saturated carbocycles. The van der Waals surface area contributed by atoms with E-state index in [2.05, 4.69) is 4.72 Å². The Balaban J connectivity index is 2.59. The molecule has 0 fully saturated rings. The molecule has 0 atom stereocenters. The largest absolute Gasteiger partial charge is 0.481 e. The second-order valence-corrected chi connectivity index (χ2v) is 6.33. The third-order valence-corrected chi connectivity index (χ3v) is 4.39. The van der Waals surface area contributed by atoms with Crippen LogP contribution in [0.15, 0.2) is 23.1 Å². The average molecular weight is 306 g/mol. The van der Waals surface area contributed by atoms with Gasteiger partial charge in [-0.25, -0.2) is 13.1 Å². The molecule has 0 amide bonds. The first-order chi connectivity index (χ1) is 8.83. The molecule has 19 heavy (non-hydrogen) atoms. The van der Waals surface area contributed by atoms with Crippen LogP contribution in [0.4, 0.5) is 0 Å². The molecule has 0 spiro atoms. The summed E-state index contributed by atoms with van der Waals surface area (Å²) in [6.07, 6.45) is 0.970. The monoisotopic (exact) mass is 305 g/mol. The van der Waals surface area contributed by atoms with Crippen molar-refractivity contribution in [2.45, 2.75) is 31.1 Å². The lowest BCUT2D eigenvalue weighted by molar-refractivity contribution is -0.137. The molecule has 0 unspecified atom stereocenters. The number of aryl methyl sites for hydroxylation is 1. The van der Waals surface area contributed by atoms with Gasteiger partial charge in [-0.3, -0.25) is 4.79 Å². The van der Waals surface area contributed by atoms with Gasteiger partial charge >= 0.3 is 5.97 Å². The smallest absolute Gasteiger partial charge is 0.303 e. The lowest BCUT2D eigenvalue weighted by atomic mass is 10.2. The van der Waals surface area contributed by atoms with Crippen molar-refractivity contribution in [1.29, 1.82) is 0 Å². The first kappa shape index (κ1) is 15.9. The van der Waals surface area contributed by atoms with E-state index >= 15 is 0 Å². The predicted octanol–water partition coefficient (Wildman–Crippen LogP) is 2.18. The Morgan fingerprint density at radius 3 is 2.63 bits per heavy atom. The van der Waals surface area contributed by atoms with Gasteiger partial charge in [-0.15, -0.1) is 0 Å². The highest BCUT2D eigenvalue weighted by Crippen LogP contribution is 2.19.